The molecule has 0 saturated carbocycles. The third-order valence-corrected chi connectivity index (χ3v) is 7.89. The Hall–Kier alpha value is -3.71. The summed E-state index contributed by atoms with van der Waals surface area (Å²) >= 11 is 1.32. The van der Waals surface area contributed by atoms with Crippen LogP contribution in [0.25, 0.3) is 10.6 Å². The lowest BCUT2D eigenvalue weighted by molar-refractivity contribution is -0.124. The molecule has 1 aliphatic heterocycles. The molecule has 13 heteroatoms. The average molecular weight is 546 g/mol. The number of hydrogen-bond donors (Lipinski definition) is 3. The van der Waals surface area contributed by atoms with Gasteiger partial charge in [-0.15, -0.1) is 15.7 Å². The molecule has 0 aliphatic carbocycles. The number of aromatic hydroxyl groups is 1. The predicted molar refractivity (Wildman–Crippen MR) is 141 cm³/mol. The molecule has 196 valence electrons. The zero-order valence-electron chi connectivity index (χ0n) is 20.5. The number of benzene rings is 1. The Morgan fingerprint density at radius 2 is 2.05 bits per heavy atom. The zero-order chi connectivity index (χ0) is 26.9. The number of amides is 1. The molecule has 1 atom stereocenters. The van der Waals surface area contributed by atoms with E-state index in [1.165, 1.54) is 34.2 Å². The first-order chi connectivity index (χ1) is 17.5. The fourth-order valence-corrected chi connectivity index (χ4v) is 5.56. The van der Waals surface area contributed by atoms with E-state index >= 15 is 0 Å². The van der Waals surface area contributed by atoms with Crippen LogP contribution in [0.5, 0.6) is 11.5 Å². The number of hydrogen-bond acceptors (Lipinski definition) is 9. The molecule has 1 aromatic carbocycles. The van der Waals surface area contributed by atoms with Gasteiger partial charge in [-0.2, -0.15) is 13.5 Å². The van der Waals surface area contributed by atoms with E-state index in [-0.39, 0.29) is 45.9 Å². The number of thiophene rings is 1. The maximum atomic E-state index is 13.4. The van der Waals surface area contributed by atoms with Crippen LogP contribution >= 0.6 is 11.3 Å². The number of nitrogens with two attached hydrogens (primary N) is 1. The summed E-state index contributed by atoms with van der Waals surface area (Å²) < 4.78 is 36.9. The standard InChI is InChI=1S/C24H27N5O6S2/c1-4-16(22(25)31)35-14-7-8-15-18(12-14)37(33,34)28-23(26-15)19-21(30)20(17-6-5-11-36-17)27-29(24(19)32)10-9-13(2)3/h5-8,11-13,16,30H,4,9-10H2,1-3H3,(H2,25,31)(H,26,28). The molecule has 1 unspecified atom stereocenters. The minimum absolute atomic E-state index is 0.121. The van der Waals surface area contributed by atoms with Crippen LogP contribution < -0.4 is 21.3 Å². The number of anilines is 1. The van der Waals surface area contributed by atoms with Crippen LogP contribution in [0.2, 0.25) is 0 Å². The van der Waals surface area contributed by atoms with E-state index in [1.807, 2.05) is 13.8 Å². The van der Waals surface area contributed by atoms with Gasteiger partial charge in [-0.1, -0.05) is 26.8 Å². The predicted octanol–water partition coefficient (Wildman–Crippen LogP) is 2.93. The third kappa shape index (κ3) is 5.37. The van der Waals surface area contributed by atoms with Gasteiger partial charge in [-0.3, -0.25) is 9.59 Å². The van der Waals surface area contributed by atoms with E-state index in [9.17, 15) is 23.1 Å². The molecule has 37 heavy (non-hydrogen) atoms. The first-order valence-corrected chi connectivity index (χ1v) is 13.9. The molecule has 0 bridgehead atoms. The second-order valence-electron chi connectivity index (χ2n) is 8.88. The van der Waals surface area contributed by atoms with Crippen molar-refractivity contribution in [2.75, 3.05) is 5.32 Å². The van der Waals surface area contributed by atoms with Crippen molar-refractivity contribution in [3.63, 3.8) is 0 Å². The molecule has 1 amide bonds. The number of fused-ring (bicyclic) bond motifs is 1. The van der Waals surface area contributed by atoms with Crippen LogP contribution in [0.15, 0.2) is 49.8 Å². The highest BCUT2D eigenvalue weighted by Gasteiger charge is 2.31. The van der Waals surface area contributed by atoms with Crippen LogP contribution in [-0.2, 0) is 21.4 Å². The smallest absolute Gasteiger partial charge is 0.286 e. The molecular formula is C24H27N5O6S2. The molecule has 0 saturated heterocycles. The van der Waals surface area contributed by atoms with Gasteiger partial charge in [0.2, 0.25) is 0 Å². The second-order valence-corrected chi connectivity index (χ2v) is 11.4. The lowest BCUT2D eigenvalue weighted by atomic mass is 10.1. The van der Waals surface area contributed by atoms with Gasteiger partial charge in [0, 0.05) is 12.6 Å². The zero-order valence-corrected chi connectivity index (χ0v) is 22.1. The maximum absolute atomic E-state index is 13.4. The number of ether oxygens (including phenoxy) is 1. The van der Waals surface area contributed by atoms with E-state index in [4.69, 9.17) is 10.5 Å². The topological polar surface area (TPSA) is 166 Å². The van der Waals surface area contributed by atoms with Gasteiger partial charge >= 0.3 is 0 Å². The number of aryl methyl sites for hydroxylation is 1. The molecule has 2 aromatic heterocycles. The number of nitrogens with one attached hydrogen (secondary N) is 1. The summed E-state index contributed by atoms with van der Waals surface area (Å²) in [6.45, 7) is 6.00. The molecule has 4 N–H and O–H groups in total. The summed E-state index contributed by atoms with van der Waals surface area (Å²) in [7, 11) is -4.31. The Labute approximate surface area is 217 Å². The first-order valence-electron chi connectivity index (χ1n) is 11.6. The molecule has 4 rings (SSSR count). The molecular weight excluding hydrogens is 518 g/mol. The maximum Gasteiger partial charge on any atom is 0.286 e. The highest BCUT2D eigenvalue weighted by Crippen LogP contribution is 2.36. The van der Waals surface area contributed by atoms with Crippen molar-refractivity contribution in [1.82, 2.24) is 9.78 Å². The van der Waals surface area contributed by atoms with Crippen molar-refractivity contribution < 1.29 is 23.1 Å². The van der Waals surface area contributed by atoms with Crippen LogP contribution in [0, 0.1) is 5.92 Å². The van der Waals surface area contributed by atoms with Gasteiger partial charge in [-0.25, -0.2) is 4.68 Å². The number of primary amides is 1. The van der Waals surface area contributed by atoms with Gasteiger partial charge in [0.1, 0.15) is 21.9 Å². The van der Waals surface area contributed by atoms with E-state index in [1.54, 1.807) is 24.4 Å². The molecule has 0 spiro atoms. The van der Waals surface area contributed by atoms with Gasteiger partial charge in [0.25, 0.3) is 21.5 Å². The SMILES string of the molecule is CCC(Oc1ccc2c(c1)S(=O)(=O)N=C(c1c(O)c(-c3cccs3)nn(CCC(C)C)c1=O)N2)C(N)=O. The number of sulfonamides is 1. The van der Waals surface area contributed by atoms with Crippen molar-refractivity contribution in [3.8, 4) is 22.1 Å². The van der Waals surface area contributed by atoms with Crippen molar-refractivity contribution in [2.24, 2.45) is 16.0 Å². The third-order valence-electron chi connectivity index (χ3n) is 5.70. The number of nitrogens with zero attached hydrogens (tertiary/aromatic N) is 3. The van der Waals surface area contributed by atoms with Gasteiger partial charge in [0.05, 0.1) is 10.6 Å². The number of amidine groups is 1. The largest absolute Gasteiger partial charge is 0.505 e. The summed E-state index contributed by atoms with van der Waals surface area (Å²) in [6, 6.07) is 7.66. The Morgan fingerprint density at radius 1 is 1.30 bits per heavy atom. The van der Waals surface area contributed by atoms with Crippen molar-refractivity contribution >= 4 is 38.8 Å². The number of carbonyl (C=O) groups excluding carboxylic acids is 1. The van der Waals surface area contributed by atoms with Gasteiger partial charge in [0.15, 0.2) is 17.7 Å². The first kappa shape index (κ1) is 26.4. The van der Waals surface area contributed by atoms with Crippen molar-refractivity contribution in [3.05, 3.63) is 51.6 Å². The fraction of sp³-hybridized carbons (Fsp3) is 0.333. The summed E-state index contributed by atoms with van der Waals surface area (Å²) in [5.74, 6) is -1.05. The molecule has 3 aromatic rings. The van der Waals surface area contributed by atoms with Crippen molar-refractivity contribution in [2.45, 2.75) is 51.2 Å². The van der Waals surface area contributed by atoms with E-state index < -0.39 is 33.3 Å². The highest BCUT2D eigenvalue weighted by atomic mass is 32.2. The normalized spacial score (nSPS) is 15.0. The van der Waals surface area contributed by atoms with Crippen LogP contribution in [-0.4, -0.2) is 41.2 Å². The summed E-state index contributed by atoms with van der Waals surface area (Å²) in [6.07, 6.45) is 0.0241. The van der Waals surface area contributed by atoms with Crippen LogP contribution in [0.4, 0.5) is 5.69 Å². The lowest BCUT2D eigenvalue weighted by Crippen LogP contribution is -2.34. The molecule has 3 heterocycles. The van der Waals surface area contributed by atoms with Crippen LogP contribution in [0.1, 0.15) is 39.2 Å². The highest BCUT2D eigenvalue weighted by molar-refractivity contribution is 7.90. The Kier molecular flexibility index (Phi) is 7.37. The minimum atomic E-state index is -4.31. The Bertz CT molecular complexity index is 1530. The second kappa shape index (κ2) is 10.3. The molecule has 0 fully saturated rings. The Balaban J connectivity index is 1.81. The number of aromatic nitrogens is 2. The summed E-state index contributed by atoms with van der Waals surface area (Å²) in [5.41, 5.74) is 4.64. The van der Waals surface area contributed by atoms with Gasteiger partial charge in [-0.05, 0) is 42.3 Å². The summed E-state index contributed by atoms with van der Waals surface area (Å²) in [4.78, 5) is 25.3. The minimum Gasteiger partial charge on any atom is -0.505 e. The molecule has 0 radical (unpaired) electrons. The lowest BCUT2D eigenvalue weighted by Gasteiger charge is -2.21. The molecule has 1 aliphatic rings. The number of rotatable bonds is 9. The quantitative estimate of drug-likeness (QED) is 0.369. The average Bonchev–Trinajstić information content (AvgIpc) is 3.36. The summed E-state index contributed by atoms with van der Waals surface area (Å²) in [5, 5.41) is 20.1. The van der Waals surface area contributed by atoms with Gasteiger partial charge < -0.3 is 20.9 Å². The molecule has 11 nitrogen and oxygen atoms in total. The Morgan fingerprint density at radius 3 is 2.68 bits per heavy atom. The number of carbonyl (C=O) groups is 1. The van der Waals surface area contributed by atoms with E-state index in [0.29, 0.717) is 17.7 Å². The fourth-order valence-electron chi connectivity index (χ4n) is 3.71. The van der Waals surface area contributed by atoms with E-state index in [0.717, 1.165) is 0 Å². The van der Waals surface area contributed by atoms with Crippen LogP contribution in [0.3, 0.4) is 0 Å². The van der Waals surface area contributed by atoms with E-state index in [2.05, 4.69) is 14.8 Å². The monoisotopic (exact) mass is 545 g/mol. The van der Waals surface area contributed by atoms with Crippen molar-refractivity contribution in [1.29, 1.82) is 0 Å².